The summed E-state index contributed by atoms with van der Waals surface area (Å²) in [4.78, 5) is 16.7. The van der Waals surface area contributed by atoms with Gasteiger partial charge in [-0.25, -0.2) is 5.06 Å². The van der Waals surface area contributed by atoms with Gasteiger partial charge in [-0.1, -0.05) is 18.2 Å². The molecule has 0 fully saturated rings. The lowest BCUT2D eigenvalue weighted by atomic mass is 10.0. The maximum absolute atomic E-state index is 11.8. The fourth-order valence-corrected chi connectivity index (χ4v) is 1.79. The number of nitrogens with zero attached hydrogens (tertiary/aromatic N) is 1. The summed E-state index contributed by atoms with van der Waals surface area (Å²) in [5, 5.41) is 1.21. The van der Waals surface area contributed by atoms with Gasteiger partial charge < -0.3 is 4.74 Å². The fourth-order valence-electron chi connectivity index (χ4n) is 1.79. The van der Waals surface area contributed by atoms with Gasteiger partial charge in [-0.2, -0.15) is 0 Å². The Morgan fingerprint density at radius 2 is 2.25 bits per heavy atom. The normalized spacial score (nSPS) is 18.5. The molecule has 86 valence electrons. The summed E-state index contributed by atoms with van der Waals surface area (Å²) in [5.74, 6) is 0.661. The van der Waals surface area contributed by atoms with Crippen LogP contribution >= 0.6 is 0 Å². The minimum absolute atomic E-state index is 0.142. The molecule has 1 atom stereocenters. The Balaban J connectivity index is 2.11. The second-order valence-corrected chi connectivity index (χ2v) is 3.77. The van der Waals surface area contributed by atoms with E-state index in [1.54, 1.807) is 7.05 Å². The molecule has 1 aromatic rings. The number of likely N-dealkylation sites (N-methyl/N-ethyl adjacent to an activating group) is 1. The first-order valence-corrected chi connectivity index (χ1v) is 5.28. The number of amides is 1. The molecule has 1 aromatic carbocycles. The lowest BCUT2D eigenvalue weighted by Crippen LogP contribution is -2.40. The number of ether oxygens (including phenoxy) is 1. The van der Waals surface area contributed by atoms with Crippen molar-refractivity contribution in [2.45, 2.75) is 18.9 Å². The van der Waals surface area contributed by atoms with E-state index < -0.39 is 6.10 Å². The molecule has 0 unspecified atom stereocenters. The van der Waals surface area contributed by atoms with Crippen LogP contribution in [0.2, 0.25) is 0 Å². The summed E-state index contributed by atoms with van der Waals surface area (Å²) in [6.07, 6.45) is 1.13. The van der Waals surface area contributed by atoms with E-state index in [1.165, 1.54) is 12.2 Å². The van der Waals surface area contributed by atoms with Gasteiger partial charge in [-0.3, -0.25) is 9.63 Å². The summed E-state index contributed by atoms with van der Waals surface area (Å²) in [6.45, 7) is 0. The molecule has 16 heavy (non-hydrogen) atoms. The number of benzene rings is 1. The van der Waals surface area contributed by atoms with E-state index in [9.17, 15) is 4.79 Å². The van der Waals surface area contributed by atoms with Crippen LogP contribution in [0.1, 0.15) is 12.0 Å². The Bertz CT molecular complexity index is 392. The van der Waals surface area contributed by atoms with Crippen molar-refractivity contribution in [3.05, 3.63) is 29.8 Å². The molecule has 0 spiro atoms. The predicted molar refractivity (Wildman–Crippen MR) is 59.0 cm³/mol. The minimum atomic E-state index is -0.431. The monoisotopic (exact) mass is 221 g/mol. The Hall–Kier alpha value is -1.55. The van der Waals surface area contributed by atoms with E-state index in [2.05, 4.69) is 0 Å². The van der Waals surface area contributed by atoms with E-state index in [1.807, 2.05) is 24.3 Å². The second-order valence-electron chi connectivity index (χ2n) is 3.77. The van der Waals surface area contributed by atoms with Crippen molar-refractivity contribution in [1.29, 1.82) is 0 Å². The summed E-state index contributed by atoms with van der Waals surface area (Å²) in [7, 11) is 3.06. The molecule has 0 radical (unpaired) electrons. The molecule has 4 nitrogen and oxygen atoms in total. The standard InChI is InChI=1S/C12H15NO3/c1-13(15-2)12(14)11-8-7-9-5-3-4-6-10(9)16-11/h3-6,11H,7-8H2,1-2H3/t11-/m0/s1. The van der Waals surface area contributed by atoms with Crippen LogP contribution in [0.15, 0.2) is 24.3 Å². The Morgan fingerprint density at radius 3 is 3.00 bits per heavy atom. The molecule has 4 heteroatoms. The number of aryl methyl sites for hydroxylation is 1. The number of carbonyl (C=O) groups excluding carboxylic acids is 1. The molecule has 0 N–H and O–H groups in total. The lowest BCUT2D eigenvalue weighted by Gasteiger charge is -2.27. The molecule has 0 saturated carbocycles. The quantitative estimate of drug-likeness (QED) is 0.708. The molecule has 1 aliphatic heterocycles. The molecule has 1 amide bonds. The first-order chi connectivity index (χ1) is 7.72. The third-order valence-electron chi connectivity index (χ3n) is 2.78. The maximum atomic E-state index is 11.8. The van der Waals surface area contributed by atoms with E-state index in [0.717, 1.165) is 17.7 Å². The van der Waals surface area contributed by atoms with Crippen LogP contribution in [-0.2, 0) is 16.1 Å². The van der Waals surface area contributed by atoms with Gasteiger partial charge in [0.25, 0.3) is 5.91 Å². The Labute approximate surface area is 94.7 Å². The highest BCUT2D eigenvalue weighted by Gasteiger charge is 2.28. The number of rotatable bonds is 2. The van der Waals surface area contributed by atoms with Crippen LogP contribution in [0.5, 0.6) is 5.75 Å². The van der Waals surface area contributed by atoms with Crippen molar-refractivity contribution >= 4 is 5.91 Å². The summed E-state index contributed by atoms with van der Waals surface area (Å²) in [5.41, 5.74) is 1.16. The average Bonchev–Trinajstić information content (AvgIpc) is 2.36. The lowest BCUT2D eigenvalue weighted by molar-refractivity contribution is -0.177. The van der Waals surface area contributed by atoms with Gasteiger partial charge in [0.1, 0.15) is 5.75 Å². The van der Waals surface area contributed by atoms with Crippen LogP contribution in [0.25, 0.3) is 0 Å². The van der Waals surface area contributed by atoms with Gasteiger partial charge in [0.05, 0.1) is 7.11 Å². The molecule has 1 heterocycles. The molecular weight excluding hydrogens is 206 g/mol. The molecule has 0 saturated heterocycles. The molecule has 0 aliphatic carbocycles. The largest absolute Gasteiger partial charge is 0.480 e. The van der Waals surface area contributed by atoms with Gasteiger partial charge in [0.2, 0.25) is 0 Å². The SMILES string of the molecule is CON(C)C(=O)[C@@H]1CCc2ccccc2O1. The Morgan fingerprint density at radius 1 is 1.50 bits per heavy atom. The van der Waals surface area contributed by atoms with Gasteiger partial charge in [-0.05, 0) is 24.5 Å². The highest BCUT2D eigenvalue weighted by atomic mass is 16.7. The highest BCUT2D eigenvalue weighted by molar-refractivity contribution is 5.80. The summed E-state index contributed by atoms with van der Waals surface area (Å²) >= 11 is 0. The van der Waals surface area contributed by atoms with Gasteiger partial charge in [0, 0.05) is 7.05 Å². The number of hydroxylamine groups is 2. The van der Waals surface area contributed by atoms with E-state index in [0.29, 0.717) is 6.42 Å². The van der Waals surface area contributed by atoms with Gasteiger partial charge in [-0.15, -0.1) is 0 Å². The minimum Gasteiger partial charge on any atom is -0.480 e. The van der Waals surface area contributed by atoms with Crippen molar-refractivity contribution in [3.8, 4) is 5.75 Å². The van der Waals surface area contributed by atoms with E-state index in [4.69, 9.17) is 9.57 Å². The number of carbonyl (C=O) groups is 1. The van der Waals surface area contributed by atoms with E-state index in [-0.39, 0.29) is 5.91 Å². The maximum Gasteiger partial charge on any atom is 0.286 e. The van der Waals surface area contributed by atoms with Crippen molar-refractivity contribution in [2.24, 2.45) is 0 Å². The molecule has 0 aromatic heterocycles. The van der Waals surface area contributed by atoms with Crippen molar-refractivity contribution < 1.29 is 14.4 Å². The van der Waals surface area contributed by atoms with Gasteiger partial charge >= 0.3 is 0 Å². The zero-order valence-electron chi connectivity index (χ0n) is 9.47. The number of hydrogen-bond acceptors (Lipinski definition) is 3. The third-order valence-corrected chi connectivity index (χ3v) is 2.78. The van der Waals surface area contributed by atoms with Gasteiger partial charge in [0.15, 0.2) is 6.10 Å². The van der Waals surface area contributed by atoms with Crippen molar-refractivity contribution in [2.75, 3.05) is 14.2 Å². The van der Waals surface area contributed by atoms with Crippen LogP contribution in [0, 0.1) is 0 Å². The average molecular weight is 221 g/mol. The third kappa shape index (κ3) is 2.02. The summed E-state index contributed by atoms with van der Waals surface area (Å²) in [6, 6.07) is 7.80. The van der Waals surface area contributed by atoms with Crippen molar-refractivity contribution in [1.82, 2.24) is 5.06 Å². The first kappa shape index (κ1) is 11.0. The van der Waals surface area contributed by atoms with Crippen LogP contribution in [0.4, 0.5) is 0 Å². The first-order valence-electron chi connectivity index (χ1n) is 5.28. The number of hydrogen-bond donors (Lipinski definition) is 0. The topological polar surface area (TPSA) is 38.8 Å². The molecule has 0 bridgehead atoms. The smallest absolute Gasteiger partial charge is 0.286 e. The predicted octanol–water partition coefficient (Wildman–Crippen LogP) is 1.40. The van der Waals surface area contributed by atoms with Crippen molar-refractivity contribution in [3.63, 3.8) is 0 Å². The van der Waals surface area contributed by atoms with Crippen LogP contribution in [-0.4, -0.2) is 31.2 Å². The summed E-state index contributed by atoms with van der Waals surface area (Å²) < 4.78 is 5.65. The zero-order chi connectivity index (χ0) is 11.5. The number of para-hydroxylation sites is 1. The van der Waals surface area contributed by atoms with Crippen LogP contribution in [0.3, 0.4) is 0 Å². The zero-order valence-corrected chi connectivity index (χ0v) is 9.47. The fraction of sp³-hybridized carbons (Fsp3) is 0.417. The number of fused-ring (bicyclic) bond motifs is 1. The molecular formula is C12H15NO3. The highest BCUT2D eigenvalue weighted by Crippen LogP contribution is 2.27. The molecule has 2 rings (SSSR count). The second kappa shape index (κ2) is 4.53. The van der Waals surface area contributed by atoms with Crippen LogP contribution < -0.4 is 4.74 Å². The van der Waals surface area contributed by atoms with E-state index >= 15 is 0 Å². The Kier molecular flexibility index (Phi) is 3.10. The molecule has 1 aliphatic rings.